The van der Waals surface area contributed by atoms with E-state index < -0.39 is 0 Å². The van der Waals surface area contributed by atoms with E-state index in [-0.39, 0.29) is 12.1 Å². The number of aromatic nitrogens is 1. The zero-order valence-corrected chi connectivity index (χ0v) is 16.6. The summed E-state index contributed by atoms with van der Waals surface area (Å²) < 4.78 is 0. The lowest BCUT2D eigenvalue weighted by molar-refractivity contribution is 0.321. The van der Waals surface area contributed by atoms with E-state index in [0.29, 0.717) is 5.25 Å². The van der Waals surface area contributed by atoms with Crippen LogP contribution < -0.4 is 4.90 Å². The zero-order chi connectivity index (χ0) is 18.2. The SMILES string of the molecule is CC1CN2C(=NC(c3ccccn3)C2c2ccc(N3CCCCC3)cc2)S1. The second kappa shape index (κ2) is 7.19. The first kappa shape index (κ1) is 17.1. The molecule has 3 aliphatic heterocycles. The van der Waals surface area contributed by atoms with Gasteiger partial charge in [0.25, 0.3) is 0 Å². The zero-order valence-electron chi connectivity index (χ0n) is 15.8. The van der Waals surface area contributed by atoms with Crippen molar-refractivity contribution in [1.29, 1.82) is 0 Å². The minimum Gasteiger partial charge on any atom is -0.372 e. The molecule has 0 bridgehead atoms. The Bertz CT molecular complexity index is 814. The molecule has 3 aliphatic rings. The lowest BCUT2D eigenvalue weighted by atomic mass is 9.96. The topological polar surface area (TPSA) is 31.7 Å². The minimum absolute atomic E-state index is 0.0852. The second-order valence-electron chi connectivity index (χ2n) is 7.78. The highest BCUT2D eigenvalue weighted by atomic mass is 32.2. The van der Waals surface area contributed by atoms with Gasteiger partial charge in [-0.1, -0.05) is 36.9 Å². The molecule has 2 fully saturated rings. The van der Waals surface area contributed by atoms with Crippen LogP contribution in [0, 0.1) is 0 Å². The molecule has 5 rings (SSSR count). The number of amidine groups is 1. The summed E-state index contributed by atoms with van der Waals surface area (Å²) in [6.45, 7) is 5.73. The van der Waals surface area contributed by atoms with Gasteiger partial charge in [0.2, 0.25) is 0 Å². The van der Waals surface area contributed by atoms with Gasteiger partial charge in [-0.15, -0.1) is 0 Å². The van der Waals surface area contributed by atoms with Crippen LogP contribution in [0.2, 0.25) is 0 Å². The van der Waals surface area contributed by atoms with Crippen molar-refractivity contribution in [3.05, 3.63) is 59.9 Å². The summed E-state index contributed by atoms with van der Waals surface area (Å²) >= 11 is 1.90. The highest BCUT2D eigenvalue weighted by Gasteiger charge is 2.43. The van der Waals surface area contributed by atoms with Gasteiger partial charge in [0.1, 0.15) is 6.04 Å². The standard InChI is InChI=1S/C22H26N4S/c1-16-15-26-21(20(24-22(26)27-16)19-7-3-4-12-23-19)17-8-10-18(11-9-17)25-13-5-2-6-14-25/h3-4,7-12,16,20-21H,2,5-6,13-15H2,1H3. The molecule has 3 atom stereocenters. The Morgan fingerprint density at radius 1 is 1.00 bits per heavy atom. The molecular formula is C22H26N4S. The predicted molar refractivity (Wildman–Crippen MR) is 113 cm³/mol. The molecule has 4 heterocycles. The maximum atomic E-state index is 5.07. The van der Waals surface area contributed by atoms with Crippen molar-refractivity contribution in [2.75, 3.05) is 24.5 Å². The number of thioether (sulfide) groups is 1. The van der Waals surface area contributed by atoms with Crippen molar-refractivity contribution in [1.82, 2.24) is 9.88 Å². The Hall–Kier alpha value is -2.01. The summed E-state index contributed by atoms with van der Waals surface area (Å²) in [4.78, 5) is 14.7. The van der Waals surface area contributed by atoms with Gasteiger partial charge < -0.3 is 9.80 Å². The van der Waals surface area contributed by atoms with Crippen molar-refractivity contribution in [3.63, 3.8) is 0 Å². The Kier molecular flexibility index (Phi) is 4.56. The van der Waals surface area contributed by atoms with Gasteiger partial charge in [-0.25, -0.2) is 0 Å². The summed E-state index contributed by atoms with van der Waals surface area (Å²) in [5.41, 5.74) is 3.77. The van der Waals surface area contributed by atoms with Gasteiger partial charge >= 0.3 is 0 Å². The summed E-state index contributed by atoms with van der Waals surface area (Å²) in [6, 6.07) is 15.7. The number of piperidine rings is 1. The molecule has 0 spiro atoms. The van der Waals surface area contributed by atoms with E-state index in [1.807, 2.05) is 24.0 Å². The number of fused-ring (bicyclic) bond motifs is 1. The molecule has 3 unspecified atom stereocenters. The molecule has 0 amide bonds. The molecule has 140 valence electrons. The van der Waals surface area contributed by atoms with Crippen LogP contribution in [-0.4, -0.2) is 39.9 Å². The van der Waals surface area contributed by atoms with Gasteiger partial charge in [-0.2, -0.15) is 0 Å². The van der Waals surface area contributed by atoms with Crippen molar-refractivity contribution in [2.45, 2.75) is 43.5 Å². The number of pyridine rings is 1. The van der Waals surface area contributed by atoms with E-state index in [1.54, 1.807) is 0 Å². The smallest absolute Gasteiger partial charge is 0.160 e. The van der Waals surface area contributed by atoms with Crippen molar-refractivity contribution < 1.29 is 0 Å². The first-order chi connectivity index (χ1) is 13.3. The van der Waals surface area contributed by atoms with Crippen molar-refractivity contribution in [3.8, 4) is 0 Å². The second-order valence-corrected chi connectivity index (χ2v) is 9.18. The third-order valence-electron chi connectivity index (χ3n) is 5.84. The van der Waals surface area contributed by atoms with Crippen molar-refractivity contribution >= 4 is 22.6 Å². The summed E-state index contributed by atoms with van der Waals surface area (Å²) in [7, 11) is 0. The third-order valence-corrected chi connectivity index (χ3v) is 6.94. The number of anilines is 1. The Morgan fingerprint density at radius 2 is 1.81 bits per heavy atom. The molecule has 2 aromatic rings. The van der Waals surface area contributed by atoms with Gasteiger partial charge in [0.05, 0.1) is 11.7 Å². The Morgan fingerprint density at radius 3 is 2.56 bits per heavy atom. The normalized spacial score (nSPS) is 27.6. The first-order valence-corrected chi connectivity index (χ1v) is 10.9. The van der Waals surface area contributed by atoms with Crippen LogP contribution in [0.1, 0.15) is 49.5 Å². The van der Waals surface area contributed by atoms with E-state index in [2.05, 4.69) is 58.1 Å². The molecule has 0 radical (unpaired) electrons. The number of hydrogen-bond donors (Lipinski definition) is 0. The maximum Gasteiger partial charge on any atom is 0.160 e. The predicted octanol–water partition coefficient (Wildman–Crippen LogP) is 4.66. The third kappa shape index (κ3) is 3.22. The van der Waals surface area contributed by atoms with Gasteiger partial charge in [-0.05, 0) is 49.1 Å². The molecule has 0 aliphatic carbocycles. The molecule has 5 heteroatoms. The fourth-order valence-corrected chi connectivity index (χ4v) is 5.61. The number of benzene rings is 1. The van der Waals surface area contributed by atoms with E-state index in [1.165, 1.54) is 48.8 Å². The van der Waals surface area contributed by atoms with Crippen LogP contribution >= 0.6 is 11.8 Å². The van der Waals surface area contributed by atoms with Crippen molar-refractivity contribution in [2.24, 2.45) is 4.99 Å². The average molecular weight is 379 g/mol. The Labute approximate surface area is 165 Å². The van der Waals surface area contributed by atoms with Gasteiger partial charge in [0, 0.05) is 36.8 Å². The molecule has 2 saturated heterocycles. The van der Waals surface area contributed by atoms with Crippen LogP contribution in [0.5, 0.6) is 0 Å². The number of rotatable bonds is 3. The number of hydrogen-bond acceptors (Lipinski definition) is 5. The van der Waals surface area contributed by atoms with E-state index in [0.717, 1.165) is 12.2 Å². The van der Waals surface area contributed by atoms with E-state index in [9.17, 15) is 0 Å². The minimum atomic E-state index is 0.0852. The highest BCUT2D eigenvalue weighted by Crippen LogP contribution is 2.47. The van der Waals surface area contributed by atoms with Crippen LogP contribution in [0.4, 0.5) is 5.69 Å². The molecular weight excluding hydrogens is 352 g/mol. The fourth-order valence-electron chi connectivity index (χ4n) is 4.51. The molecule has 27 heavy (non-hydrogen) atoms. The van der Waals surface area contributed by atoms with Gasteiger partial charge in [-0.3, -0.25) is 9.98 Å². The fraction of sp³-hybridized carbons (Fsp3) is 0.455. The molecule has 1 aromatic heterocycles. The summed E-state index contributed by atoms with van der Waals surface area (Å²) in [6.07, 6.45) is 5.87. The Balaban J connectivity index is 1.46. The lowest BCUT2D eigenvalue weighted by Crippen LogP contribution is -2.30. The monoisotopic (exact) mass is 378 g/mol. The van der Waals surface area contributed by atoms with Crippen LogP contribution in [0.3, 0.4) is 0 Å². The van der Waals surface area contributed by atoms with Gasteiger partial charge in [0.15, 0.2) is 5.17 Å². The molecule has 0 N–H and O–H groups in total. The molecule has 4 nitrogen and oxygen atoms in total. The highest BCUT2D eigenvalue weighted by molar-refractivity contribution is 8.14. The largest absolute Gasteiger partial charge is 0.372 e. The first-order valence-electron chi connectivity index (χ1n) is 10.1. The quantitative estimate of drug-likeness (QED) is 0.777. The summed E-state index contributed by atoms with van der Waals surface area (Å²) in [5, 5.41) is 1.78. The molecule has 1 aromatic carbocycles. The van der Waals surface area contributed by atoms with E-state index >= 15 is 0 Å². The maximum absolute atomic E-state index is 5.07. The van der Waals surface area contributed by atoms with Crippen LogP contribution in [0.25, 0.3) is 0 Å². The number of aliphatic imine (C=N–C) groups is 1. The van der Waals surface area contributed by atoms with Crippen LogP contribution in [0.15, 0.2) is 53.7 Å². The number of nitrogens with zero attached hydrogens (tertiary/aromatic N) is 4. The lowest BCUT2D eigenvalue weighted by Gasteiger charge is -2.30. The summed E-state index contributed by atoms with van der Waals surface area (Å²) in [5.74, 6) is 0. The average Bonchev–Trinajstić information content (AvgIpc) is 3.25. The molecule has 0 saturated carbocycles. The van der Waals surface area contributed by atoms with E-state index in [4.69, 9.17) is 4.99 Å². The van der Waals surface area contributed by atoms with Crippen LogP contribution in [-0.2, 0) is 0 Å².